The lowest BCUT2D eigenvalue weighted by molar-refractivity contribution is -0.297. The molecule has 1 fully saturated rings. The highest BCUT2D eigenvalue weighted by atomic mass is 32.2. The van der Waals surface area contributed by atoms with Crippen LogP contribution in [0.25, 0.3) is 0 Å². The van der Waals surface area contributed by atoms with E-state index in [-0.39, 0.29) is 19.4 Å². The Bertz CT molecular complexity index is 1320. The van der Waals surface area contributed by atoms with Gasteiger partial charge in [0.25, 0.3) is 10.1 Å². The standard InChI is InChI=1S/C46H78O12S/c1-3-5-7-9-11-13-15-17-18-19-20-21-22-23-25-27-29-31-33-35-42(48)57-39(37-56-46-45(51)44(50)43(49)40(58-46)38-59(52,53)54)36-55-41(47)34-32-30-28-26-24-16-14-12-10-8-6-4-2/h11-14,17-18,20-21,23,25,39-40,43-46,49-51H,3-10,15-16,19,22,24,26-38H2,1-2H3,(H,52,53,54)/b13-11+,14-12+,18-17+,21-20+,25-23+/t39-,40-,43-,44?,45?,46+/m1/s1. The first-order chi connectivity index (χ1) is 28.5. The van der Waals surface area contributed by atoms with Crippen LogP contribution in [0.3, 0.4) is 0 Å². The van der Waals surface area contributed by atoms with Gasteiger partial charge in [-0.15, -0.1) is 0 Å². The molecule has 2 unspecified atom stereocenters. The Morgan fingerprint density at radius 2 is 1.02 bits per heavy atom. The molecule has 0 spiro atoms. The summed E-state index contributed by atoms with van der Waals surface area (Å²) in [5.74, 6) is -2.04. The summed E-state index contributed by atoms with van der Waals surface area (Å²) in [5, 5.41) is 30.8. The second-order valence-corrected chi connectivity index (χ2v) is 16.9. The third-order valence-electron chi connectivity index (χ3n) is 9.82. The summed E-state index contributed by atoms with van der Waals surface area (Å²) in [6.45, 7) is 3.66. The average molecular weight is 855 g/mol. The average Bonchev–Trinajstić information content (AvgIpc) is 3.20. The number of hydrogen-bond acceptors (Lipinski definition) is 11. The van der Waals surface area contributed by atoms with Gasteiger partial charge in [-0.05, 0) is 83.5 Å². The quantitative estimate of drug-likeness (QED) is 0.0203. The molecule has 0 aromatic heterocycles. The summed E-state index contributed by atoms with van der Waals surface area (Å²) >= 11 is 0. The highest BCUT2D eigenvalue weighted by Gasteiger charge is 2.46. The van der Waals surface area contributed by atoms with Crippen molar-refractivity contribution in [1.29, 1.82) is 0 Å². The largest absolute Gasteiger partial charge is 0.462 e. The Hall–Kier alpha value is -2.65. The first-order valence-electron chi connectivity index (χ1n) is 22.3. The van der Waals surface area contributed by atoms with Crippen molar-refractivity contribution in [3.63, 3.8) is 0 Å². The van der Waals surface area contributed by atoms with E-state index >= 15 is 0 Å². The molecular weight excluding hydrogens is 777 g/mol. The predicted molar refractivity (Wildman–Crippen MR) is 233 cm³/mol. The van der Waals surface area contributed by atoms with Crippen LogP contribution in [0.4, 0.5) is 0 Å². The third-order valence-corrected chi connectivity index (χ3v) is 10.6. The Kier molecular flexibility index (Phi) is 33.2. The summed E-state index contributed by atoms with van der Waals surface area (Å²) in [7, 11) is -4.61. The van der Waals surface area contributed by atoms with Crippen LogP contribution in [0, 0.1) is 0 Å². The number of carbonyl (C=O) groups excluding carboxylic acids is 2. The minimum absolute atomic E-state index is 0.123. The predicted octanol–water partition coefficient (Wildman–Crippen LogP) is 8.95. The van der Waals surface area contributed by atoms with Gasteiger partial charge in [0.2, 0.25) is 0 Å². The van der Waals surface area contributed by atoms with Crippen LogP contribution in [-0.4, -0.2) is 96.0 Å². The van der Waals surface area contributed by atoms with Crippen LogP contribution in [0.2, 0.25) is 0 Å². The summed E-state index contributed by atoms with van der Waals surface area (Å²) in [6.07, 6.45) is 34.1. The molecule has 1 heterocycles. The van der Waals surface area contributed by atoms with Gasteiger partial charge in [-0.1, -0.05) is 126 Å². The summed E-state index contributed by atoms with van der Waals surface area (Å²) in [4.78, 5) is 25.4. The lowest BCUT2D eigenvalue weighted by Gasteiger charge is -2.40. The van der Waals surface area contributed by atoms with E-state index in [1.165, 1.54) is 38.5 Å². The van der Waals surface area contributed by atoms with Gasteiger partial charge >= 0.3 is 11.9 Å². The Balaban J connectivity index is 2.49. The lowest BCUT2D eigenvalue weighted by Crippen LogP contribution is -2.60. The Morgan fingerprint density at radius 3 is 1.54 bits per heavy atom. The second-order valence-electron chi connectivity index (χ2n) is 15.4. The van der Waals surface area contributed by atoms with Crippen LogP contribution in [-0.2, 0) is 38.7 Å². The molecule has 1 aliphatic heterocycles. The fourth-order valence-corrected chi connectivity index (χ4v) is 6.99. The van der Waals surface area contributed by atoms with E-state index in [0.29, 0.717) is 12.8 Å². The van der Waals surface area contributed by atoms with Crippen molar-refractivity contribution in [3.8, 4) is 0 Å². The van der Waals surface area contributed by atoms with Gasteiger partial charge in [-0.3, -0.25) is 14.1 Å². The van der Waals surface area contributed by atoms with Crippen molar-refractivity contribution in [2.24, 2.45) is 0 Å². The van der Waals surface area contributed by atoms with Gasteiger partial charge in [0, 0.05) is 12.8 Å². The van der Waals surface area contributed by atoms with E-state index in [1.807, 2.05) is 0 Å². The van der Waals surface area contributed by atoms with Crippen LogP contribution in [0.15, 0.2) is 60.8 Å². The molecule has 4 N–H and O–H groups in total. The van der Waals surface area contributed by atoms with Gasteiger partial charge < -0.3 is 34.3 Å². The molecule has 0 aromatic rings. The van der Waals surface area contributed by atoms with E-state index in [4.69, 9.17) is 18.9 Å². The highest BCUT2D eigenvalue weighted by molar-refractivity contribution is 7.85. The molecule has 340 valence electrons. The topological polar surface area (TPSA) is 186 Å². The Morgan fingerprint density at radius 1 is 0.576 bits per heavy atom. The van der Waals surface area contributed by atoms with Gasteiger partial charge in [-0.25, -0.2) is 0 Å². The number of carbonyl (C=O) groups is 2. The normalized spacial score (nSPS) is 20.8. The molecule has 0 amide bonds. The van der Waals surface area contributed by atoms with Crippen LogP contribution in [0.1, 0.15) is 162 Å². The number of esters is 2. The minimum Gasteiger partial charge on any atom is -0.462 e. The van der Waals surface area contributed by atoms with E-state index in [2.05, 4.69) is 74.6 Å². The number of allylic oxidation sites excluding steroid dienone is 10. The minimum atomic E-state index is -4.61. The molecule has 0 saturated carbocycles. The maximum atomic E-state index is 12.8. The molecule has 13 heteroatoms. The first-order valence-corrected chi connectivity index (χ1v) is 24.0. The molecule has 0 aromatic carbocycles. The van der Waals surface area contributed by atoms with Crippen molar-refractivity contribution in [2.45, 2.75) is 198 Å². The fraction of sp³-hybridized carbons (Fsp3) is 0.739. The highest BCUT2D eigenvalue weighted by Crippen LogP contribution is 2.24. The van der Waals surface area contributed by atoms with Gasteiger partial charge in [-0.2, -0.15) is 8.42 Å². The number of rotatable bonds is 36. The van der Waals surface area contributed by atoms with Crippen LogP contribution >= 0.6 is 0 Å². The van der Waals surface area contributed by atoms with Crippen molar-refractivity contribution in [2.75, 3.05) is 19.0 Å². The third kappa shape index (κ3) is 30.9. The van der Waals surface area contributed by atoms with Gasteiger partial charge in [0.15, 0.2) is 12.4 Å². The molecule has 1 saturated heterocycles. The fourth-order valence-electron chi connectivity index (χ4n) is 6.30. The van der Waals surface area contributed by atoms with E-state index < -0.39 is 71.2 Å². The zero-order valence-electron chi connectivity index (χ0n) is 36.1. The SMILES string of the molecule is CCCCC/C=C/C/C=C/C/C=C/C/C=C/CCCCCC(=O)O[C@H](COC(=O)CCCCCCC/C=C/CCCCC)CO[C@H]1O[C@H](CS(=O)(=O)O)[C@@H](O)C(O)C1O. The maximum absolute atomic E-state index is 12.8. The maximum Gasteiger partial charge on any atom is 0.306 e. The number of ether oxygens (including phenoxy) is 4. The molecule has 0 radical (unpaired) electrons. The van der Waals surface area contributed by atoms with Crippen LogP contribution in [0.5, 0.6) is 0 Å². The van der Waals surface area contributed by atoms with Crippen molar-refractivity contribution in [3.05, 3.63) is 60.8 Å². The smallest absolute Gasteiger partial charge is 0.306 e. The zero-order chi connectivity index (χ0) is 43.4. The number of aliphatic hydroxyl groups is 3. The lowest BCUT2D eigenvalue weighted by atomic mass is 10.00. The molecule has 6 atom stereocenters. The van der Waals surface area contributed by atoms with Crippen molar-refractivity contribution < 1.29 is 56.8 Å². The second kappa shape index (κ2) is 36.0. The monoisotopic (exact) mass is 855 g/mol. The number of hydrogen-bond donors (Lipinski definition) is 4. The van der Waals surface area contributed by atoms with Crippen molar-refractivity contribution >= 4 is 22.1 Å². The van der Waals surface area contributed by atoms with Gasteiger partial charge in [0.1, 0.15) is 36.8 Å². The molecule has 0 aliphatic carbocycles. The molecule has 1 aliphatic rings. The molecule has 12 nitrogen and oxygen atoms in total. The number of unbranched alkanes of at least 4 members (excludes halogenated alkanes) is 14. The van der Waals surface area contributed by atoms with E-state index in [9.17, 15) is 37.9 Å². The molecule has 1 rings (SSSR count). The van der Waals surface area contributed by atoms with E-state index in [1.54, 1.807) is 0 Å². The van der Waals surface area contributed by atoms with E-state index in [0.717, 1.165) is 83.5 Å². The zero-order valence-corrected chi connectivity index (χ0v) is 36.9. The van der Waals surface area contributed by atoms with Crippen molar-refractivity contribution in [1.82, 2.24) is 0 Å². The summed E-state index contributed by atoms with van der Waals surface area (Å²) in [6, 6.07) is 0. The molecular formula is C46H78O12S. The van der Waals surface area contributed by atoms with Gasteiger partial charge in [0.05, 0.1) is 6.61 Å². The molecule has 0 bridgehead atoms. The van der Waals surface area contributed by atoms with Crippen LogP contribution < -0.4 is 0 Å². The Labute approximate surface area is 355 Å². The molecule has 59 heavy (non-hydrogen) atoms. The number of aliphatic hydroxyl groups excluding tert-OH is 3. The first kappa shape index (κ1) is 54.4. The summed E-state index contributed by atoms with van der Waals surface area (Å²) < 4.78 is 54.0. The summed E-state index contributed by atoms with van der Waals surface area (Å²) in [5.41, 5.74) is 0.